The molecule has 0 spiro atoms. The first kappa shape index (κ1) is 11.9. The molecule has 1 aromatic carbocycles. The third-order valence-corrected chi connectivity index (χ3v) is 3.94. The second kappa shape index (κ2) is 5.70. The van der Waals surface area contributed by atoms with E-state index in [1.165, 1.54) is 37.7 Å². The normalized spacial score (nSPS) is 26.4. The maximum absolute atomic E-state index is 5.94. The number of halogens is 1. The van der Waals surface area contributed by atoms with Crippen molar-refractivity contribution in [3.8, 4) is 0 Å². The van der Waals surface area contributed by atoms with Gasteiger partial charge in [0, 0.05) is 11.1 Å². The summed E-state index contributed by atoms with van der Waals surface area (Å²) in [6, 6.07) is 9.01. The van der Waals surface area contributed by atoms with Gasteiger partial charge >= 0.3 is 0 Å². The standard InChI is InChI=1S/C14H20ClN/c1-16-14-6-4-2-3-5-13(14)11-7-9-12(15)10-8-11/h7-10,13-14,16H,2-6H2,1H3. The quantitative estimate of drug-likeness (QED) is 0.768. The molecule has 0 amide bonds. The Kier molecular flexibility index (Phi) is 4.25. The third kappa shape index (κ3) is 2.78. The van der Waals surface area contributed by atoms with E-state index < -0.39 is 0 Å². The summed E-state index contributed by atoms with van der Waals surface area (Å²) < 4.78 is 0. The van der Waals surface area contributed by atoms with Gasteiger partial charge in [-0.2, -0.15) is 0 Å². The van der Waals surface area contributed by atoms with Crippen molar-refractivity contribution in [3.63, 3.8) is 0 Å². The molecule has 1 aliphatic carbocycles. The van der Waals surface area contributed by atoms with Crippen molar-refractivity contribution in [1.29, 1.82) is 0 Å². The summed E-state index contributed by atoms with van der Waals surface area (Å²) in [5.41, 5.74) is 1.44. The largest absolute Gasteiger partial charge is 0.316 e. The van der Waals surface area contributed by atoms with Crippen molar-refractivity contribution in [2.75, 3.05) is 7.05 Å². The SMILES string of the molecule is CNC1CCCCCC1c1ccc(Cl)cc1. The van der Waals surface area contributed by atoms with Crippen LogP contribution in [0.15, 0.2) is 24.3 Å². The minimum absolute atomic E-state index is 0.628. The van der Waals surface area contributed by atoms with Crippen molar-refractivity contribution in [1.82, 2.24) is 5.32 Å². The van der Waals surface area contributed by atoms with Crippen LogP contribution in [0.2, 0.25) is 5.02 Å². The summed E-state index contributed by atoms with van der Waals surface area (Å²) >= 11 is 5.94. The van der Waals surface area contributed by atoms with E-state index in [0.717, 1.165) is 5.02 Å². The van der Waals surface area contributed by atoms with Gasteiger partial charge < -0.3 is 5.32 Å². The molecule has 1 aliphatic rings. The lowest BCUT2D eigenvalue weighted by Crippen LogP contribution is -2.31. The summed E-state index contributed by atoms with van der Waals surface area (Å²) in [5.74, 6) is 0.657. The van der Waals surface area contributed by atoms with Crippen LogP contribution in [0.4, 0.5) is 0 Å². The van der Waals surface area contributed by atoms with E-state index >= 15 is 0 Å². The molecule has 0 aromatic heterocycles. The monoisotopic (exact) mass is 237 g/mol. The molecule has 0 aliphatic heterocycles. The maximum Gasteiger partial charge on any atom is 0.0406 e. The Bertz CT molecular complexity index is 320. The highest BCUT2D eigenvalue weighted by atomic mass is 35.5. The van der Waals surface area contributed by atoms with Crippen LogP contribution in [0.25, 0.3) is 0 Å². The average molecular weight is 238 g/mol. The first-order chi connectivity index (χ1) is 7.81. The van der Waals surface area contributed by atoms with Crippen molar-refractivity contribution in [2.45, 2.75) is 44.1 Å². The van der Waals surface area contributed by atoms with Gasteiger partial charge in [0.1, 0.15) is 0 Å². The Labute approximate surface area is 103 Å². The summed E-state index contributed by atoms with van der Waals surface area (Å²) in [6.45, 7) is 0. The van der Waals surface area contributed by atoms with E-state index in [2.05, 4.69) is 24.5 Å². The summed E-state index contributed by atoms with van der Waals surface area (Å²) in [6.07, 6.45) is 6.68. The van der Waals surface area contributed by atoms with E-state index in [0.29, 0.717) is 12.0 Å². The third-order valence-electron chi connectivity index (χ3n) is 3.68. The zero-order valence-electron chi connectivity index (χ0n) is 9.88. The average Bonchev–Trinajstić information content (AvgIpc) is 2.55. The van der Waals surface area contributed by atoms with Crippen molar-refractivity contribution in [3.05, 3.63) is 34.9 Å². The minimum atomic E-state index is 0.628. The zero-order valence-corrected chi connectivity index (χ0v) is 10.6. The predicted molar refractivity (Wildman–Crippen MR) is 70.1 cm³/mol. The van der Waals surface area contributed by atoms with Crippen LogP contribution < -0.4 is 5.32 Å². The van der Waals surface area contributed by atoms with Crippen molar-refractivity contribution >= 4 is 11.6 Å². The Morgan fingerprint density at radius 1 is 1.06 bits per heavy atom. The molecule has 1 nitrogen and oxygen atoms in total. The highest BCUT2D eigenvalue weighted by Crippen LogP contribution is 2.32. The molecular formula is C14H20ClN. The van der Waals surface area contributed by atoms with Gasteiger partial charge in [0.25, 0.3) is 0 Å². The zero-order chi connectivity index (χ0) is 11.4. The van der Waals surface area contributed by atoms with Gasteiger partial charge in [0.05, 0.1) is 0 Å². The molecule has 0 bridgehead atoms. The number of likely N-dealkylation sites (N-methyl/N-ethyl adjacent to an activating group) is 1. The lowest BCUT2D eigenvalue weighted by Gasteiger charge is -2.25. The number of hydrogen-bond acceptors (Lipinski definition) is 1. The summed E-state index contributed by atoms with van der Waals surface area (Å²) in [4.78, 5) is 0. The van der Waals surface area contributed by atoms with Gasteiger partial charge in [0.15, 0.2) is 0 Å². The molecular weight excluding hydrogens is 218 g/mol. The molecule has 1 saturated carbocycles. The van der Waals surface area contributed by atoms with E-state index in [1.807, 2.05) is 12.1 Å². The Balaban J connectivity index is 2.18. The Morgan fingerprint density at radius 3 is 2.44 bits per heavy atom. The molecule has 88 valence electrons. The number of hydrogen-bond donors (Lipinski definition) is 1. The molecule has 0 saturated heterocycles. The molecule has 1 fully saturated rings. The van der Waals surface area contributed by atoms with E-state index in [1.54, 1.807) is 0 Å². The van der Waals surface area contributed by atoms with Gasteiger partial charge in [-0.15, -0.1) is 0 Å². The molecule has 0 heterocycles. The molecule has 2 heteroatoms. The fraction of sp³-hybridized carbons (Fsp3) is 0.571. The van der Waals surface area contributed by atoms with Crippen LogP contribution in [-0.2, 0) is 0 Å². The first-order valence-corrected chi connectivity index (χ1v) is 6.62. The molecule has 1 aromatic rings. The predicted octanol–water partition coefficient (Wildman–Crippen LogP) is 3.98. The van der Waals surface area contributed by atoms with Gasteiger partial charge in [-0.3, -0.25) is 0 Å². The Hall–Kier alpha value is -0.530. The van der Waals surface area contributed by atoms with Gasteiger partial charge in [-0.25, -0.2) is 0 Å². The van der Waals surface area contributed by atoms with Crippen LogP contribution in [0.3, 0.4) is 0 Å². The molecule has 2 rings (SSSR count). The molecule has 1 N–H and O–H groups in total. The number of nitrogens with one attached hydrogen (secondary N) is 1. The van der Waals surface area contributed by atoms with E-state index in [9.17, 15) is 0 Å². The smallest absolute Gasteiger partial charge is 0.0406 e. The summed E-state index contributed by atoms with van der Waals surface area (Å²) in [5, 5.41) is 4.31. The maximum atomic E-state index is 5.94. The molecule has 16 heavy (non-hydrogen) atoms. The second-order valence-electron chi connectivity index (χ2n) is 4.69. The van der Waals surface area contributed by atoms with Crippen molar-refractivity contribution in [2.24, 2.45) is 0 Å². The van der Waals surface area contributed by atoms with Crippen molar-refractivity contribution < 1.29 is 0 Å². The number of rotatable bonds is 2. The number of benzene rings is 1. The van der Waals surface area contributed by atoms with Gasteiger partial charge in [0.2, 0.25) is 0 Å². The molecule has 0 radical (unpaired) electrons. The van der Waals surface area contributed by atoms with E-state index in [-0.39, 0.29) is 0 Å². The van der Waals surface area contributed by atoms with Crippen LogP contribution in [-0.4, -0.2) is 13.1 Å². The van der Waals surface area contributed by atoms with Crippen LogP contribution >= 0.6 is 11.6 Å². The second-order valence-corrected chi connectivity index (χ2v) is 5.13. The first-order valence-electron chi connectivity index (χ1n) is 6.24. The van der Waals surface area contributed by atoms with Crippen LogP contribution in [0.1, 0.15) is 43.6 Å². The highest BCUT2D eigenvalue weighted by molar-refractivity contribution is 6.30. The fourth-order valence-electron chi connectivity index (χ4n) is 2.76. The van der Waals surface area contributed by atoms with E-state index in [4.69, 9.17) is 11.6 Å². The fourth-order valence-corrected chi connectivity index (χ4v) is 2.89. The molecule has 2 unspecified atom stereocenters. The molecule has 2 atom stereocenters. The lowest BCUT2D eigenvalue weighted by molar-refractivity contribution is 0.439. The van der Waals surface area contributed by atoms with Crippen LogP contribution in [0.5, 0.6) is 0 Å². The lowest BCUT2D eigenvalue weighted by atomic mass is 9.88. The highest BCUT2D eigenvalue weighted by Gasteiger charge is 2.23. The van der Waals surface area contributed by atoms with Crippen LogP contribution in [0, 0.1) is 0 Å². The minimum Gasteiger partial charge on any atom is -0.316 e. The summed E-state index contributed by atoms with van der Waals surface area (Å²) in [7, 11) is 2.08. The van der Waals surface area contributed by atoms with Gasteiger partial charge in [-0.05, 0) is 43.5 Å². The van der Waals surface area contributed by atoms with Gasteiger partial charge in [-0.1, -0.05) is 43.0 Å². The topological polar surface area (TPSA) is 12.0 Å². The Morgan fingerprint density at radius 2 is 1.75 bits per heavy atom.